The maximum Gasteiger partial charge on any atom is 0.330 e. The van der Waals surface area contributed by atoms with Gasteiger partial charge in [0.05, 0.1) is 0 Å². The average Bonchev–Trinajstić information content (AvgIpc) is 3.08. The van der Waals surface area contributed by atoms with Gasteiger partial charge in [-0.2, -0.15) is 11.8 Å². The van der Waals surface area contributed by atoms with Gasteiger partial charge in [-0.25, -0.2) is 17.9 Å². The van der Waals surface area contributed by atoms with Crippen LogP contribution in [0, 0.1) is 0 Å². The predicted molar refractivity (Wildman–Crippen MR) is 74.7 cm³/mol. The predicted octanol–water partition coefficient (Wildman–Crippen LogP) is -0.122. The number of carbonyl (C=O) groups excluding carboxylic acids is 1. The molecule has 2 heterocycles. The normalized spacial score (nSPS) is 22.1. The summed E-state index contributed by atoms with van der Waals surface area (Å²) in [4.78, 5) is 23.4. The Morgan fingerprint density at radius 1 is 1.43 bits per heavy atom. The van der Waals surface area contributed by atoms with Gasteiger partial charge in [0, 0.05) is 5.75 Å². The number of nitrogens with one attached hydrogen (secondary N) is 2. The number of amides is 1. The molecule has 1 aromatic rings. The summed E-state index contributed by atoms with van der Waals surface area (Å²) in [5.41, 5.74) is -1.34. The van der Waals surface area contributed by atoms with E-state index in [0.29, 0.717) is 12.2 Å². The van der Waals surface area contributed by atoms with Crippen LogP contribution in [0.1, 0.15) is 17.0 Å². The van der Waals surface area contributed by atoms with Gasteiger partial charge in [-0.05, 0) is 31.4 Å². The molecule has 0 aromatic carbocycles. The van der Waals surface area contributed by atoms with Crippen molar-refractivity contribution in [2.75, 3.05) is 18.6 Å². The van der Waals surface area contributed by atoms with Gasteiger partial charge in [-0.15, -0.1) is 0 Å². The zero-order chi connectivity index (χ0) is 15.7. The first kappa shape index (κ1) is 15.9. The van der Waals surface area contributed by atoms with Crippen molar-refractivity contribution in [3.8, 4) is 0 Å². The zero-order valence-corrected chi connectivity index (χ0v) is 12.7. The van der Waals surface area contributed by atoms with Crippen molar-refractivity contribution in [3.63, 3.8) is 0 Å². The van der Waals surface area contributed by atoms with E-state index in [1.807, 2.05) is 0 Å². The summed E-state index contributed by atoms with van der Waals surface area (Å²) in [7, 11) is -2.57. The molecule has 1 aliphatic rings. The molecular formula is C11H14N2O6S2. The molecule has 116 valence electrons. The van der Waals surface area contributed by atoms with Crippen molar-refractivity contribution < 1.29 is 27.5 Å². The van der Waals surface area contributed by atoms with Crippen LogP contribution in [0.5, 0.6) is 0 Å². The number of carboxylic acid groups (broad SMARTS) is 1. The minimum absolute atomic E-state index is 0.249. The third-order valence-electron chi connectivity index (χ3n) is 3.12. The Bertz CT molecular complexity index is 660. The molecule has 10 heteroatoms. The minimum atomic E-state index is -3.79. The summed E-state index contributed by atoms with van der Waals surface area (Å²) in [6.07, 6.45) is 0.307. The van der Waals surface area contributed by atoms with Gasteiger partial charge in [-0.1, -0.05) is 0 Å². The highest BCUT2D eigenvalue weighted by atomic mass is 32.2. The molecule has 3 N–H and O–H groups in total. The lowest BCUT2D eigenvalue weighted by atomic mass is 9.99. The first-order valence-electron chi connectivity index (χ1n) is 5.98. The molecule has 0 spiro atoms. The molecule has 0 bridgehead atoms. The van der Waals surface area contributed by atoms with Gasteiger partial charge in [0.1, 0.15) is 5.54 Å². The number of hydrogen-bond acceptors (Lipinski definition) is 6. The van der Waals surface area contributed by atoms with Crippen LogP contribution >= 0.6 is 11.8 Å². The van der Waals surface area contributed by atoms with Crippen molar-refractivity contribution in [3.05, 3.63) is 17.9 Å². The lowest BCUT2D eigenvalue weighted by Crippen LogP contribution is -2.54. The van der Waals surface area contributed by atoms with E-state index in [0.717, 1.165) is 6.07 Å². The van der Waals surface area contributed by atoms with Gasteiger partial charge in [-0.3, -0.25) is 4.79 Å². The largest absolute Gasteiger partial charge is 0.479 e. The molecule has 2 rings (SSSR count). The van der Waals surface area contributed by atoms with Crippen molar-refractivity contribution in [1.82, 2.24) is 10.0 Å². The third-order valence-corrected chi connectivity index (χ3v) is 5.60. The minimum Gasteiger partial charge on any atom is -0.479 e. The highest BCUT2D eigenvalue weighted by Gasteiger charge is 2.43. The van der Waals surface area contributed by atoms with E-state index in [2.05, 4.69) is 10.0 Å². The molecule has 0 radical (unpaired) electrons. The molecule has 21 heavy (non-hydrogen) atoms. The molecule has 0 saturated carbocycles. The van der Waals surface area contributed by atoms with Crippen molar-refractivity contribution in [2.24, 2.45) is 0 Å². The third kappa shape index (κ3) is 3.06. The molecule has 1 aromatic heterocycles. The summed E-state index contributed by atoms with van der Waals surface area (Å²) in [5.74, 6) is -1.23. The van der Waals surface area contributed by atoms with Gasteiger partial charge < -0.3 is 14.8 Å². The quantitative estimate of drug-likeness (QED) is 0.685. The van der Waals surface area contributed by atoms with Crippen LogP contribution in [0.15, 0.2) is 21.6 Å². The van der Waals surface area contributed by atoms with E-state index >= 15 is 0 Å². The van der Waals surface area contributed by atoms with E-state index in [9.17, 15) is 23.1 Å². The fourth-order valence-electron chi connectivity index (χ4n) is 1.85. The summed E-state index contributed by atoms with van der Waals surface area (Å²) in [6, 6.07) is 2.33. The molecule has 1 saturated heterocycles. The molecule has 0 aliphatic carbocycles. The van der Waals surface area contributed by atoms with Crippen LogP contribution in [-0.2, 0) is 14.8 Å². The fourth-order valence-corrected chi connectivity index (χ4v) is 3.83. The van der Waals surface area contributed by atoms with Crippen LogP contribution in [-0.4, -0.2) is 49.5 Å². The lowest BCUT2D eigenvalue weighted by Gasteiger charge is -2.23. The summed E-state index contributed by atoms with van der Waals surface area (Å²) in [6.45, 7) is 0. The second kappa shape index (κ2) is 5.70. The number of thioether (sulfide) groups is 1. The first-order chi connectivity index (χ1) is 9.81. The second-order valence-corrected chi connectivity index (χ2v) is 7.39. The Kier molecular flexibility index (Phi) is 4.30. The summed E-state index contributed by atoms with van der Waals surface area (Å²) in [5, 5.41) is 11.3. The van der Waals surface area contributed by atoms with Crippen LogP contribution in [0.4, 0.5) is 0 Å². The number of furan rings is 1. The molecule has 1 amide bonds. The van der Waals surface area contributed by atoms with Crippen LogP contribution in [0.2, 0.25) is 0 Å². The van der Waals surface area contributed by atoms with E-state index < -0.39 is 32.5 Å². The Labute approximate surface area is 125 Å². The highest BCUT2D eigenvalue weighted by Crippen LogP contribution is 2.28. The van der Waals surface area contributed by atoms with Crippen LogP contribution in [0.3, 0.4) is 0 Å². The average molecular weight is 334 g/mol. The highest BCUT2D eigenvalue weighted by molar-refractivity contribution is 7.99. The van der Waals surface area contributed by atoms with Crippen molar-refractivity contribution >= 4 is 33.7 Å². The number of rotatable bonds is 5. The molecule has 1 atom stereocenters. The number of hydrogen-bond donors (Lipinski definition) is 3. The number of aliphatic carboxylic acids is 1. The maximum absolute atomic E-state index is 12.0. The van der Waals surface area contributed by atoms with Crippen molar-refractivity contribution in [2.45, 2.75) is 17.1 Å². The molecule has 1 fully saturated rings. The summed E-state index contributed by atoms with van der Waals surface area (Å²) < 4.78 is 30.1. The number of sulfonamides is 1. The lowest BCUT2D eigenvalue weighted by molar-refractivity contribution is -0.143. The Hall–Kier alpha value is -1.52. The van der Waals surface area contributed by atoms with Crippen LogP contribution in [0.25, 0.3) is 0 Å². The topological polar surface area (TPSA) is 126 Å². The SMILES string of the molecule is CNS(=O)(=O)c1ccc(C(=O)NC2(C(=O)O)CCSC2)o1. The Balaban J connectivity index is 2.20. The van der Waals surface area contributed by atoms with E-state index in [1.165, 1.54) is 24.9 Å². The maximum atomic E-state index is 12.0. The smallest absolute Gasteiger partial charge is 0.330 e. The first-order valence-corrected chi connectivity index (χ1v) is 8.61. The zero-order valence-electron chi connectivity index (χ0n) is 11.1. The number of carboxylic acids is 1. The number of carbonyl (C=O) groups is 2. The van der Waals surface area contributed by atoms with Crippen molar-refractivity contribution in [1.29, 1.82) is 0 Å². The second-order valence-electron chi connectivity index (χ2n) is 4.47. The van der Waals surface area contributed by atoms with Gasteiger partial charge >= 0.3 is 5.97 Å². The van der Waals surface area contributed by atoms with E-state index in [1.54, 1.807) is 0 Å². The Morgan fingerprint density at radius 3 is 2.67 bits per heavy atom. The molecule has 8 nitrogen and oxygen atoms in total. The molecule has 1 unspecified atom stereocenters. The van der Waals surface area contributed by atoms with E-state index in [4.69, 9.17) is 4.42 Å². The standard InChI is InChI=1S/C11H14N2O6S2/c1-12-21(17,18)8-3-2-7(19-8)9(14)13-11(10(15)16)4-5-20-6-11/h2-3,12H,4-6H2,1H3,(H,13,14)(H,15,16). The van der Waals surface area contributed by atoms with Gasteiger partial charge in [0.15, 0.2) is 5.76 Å². The van der Waals surface area contributed by atoms with Gasteiger partial charge in [0.25, 0.3) is 15.9 Å². The van der Waals surface area contributed by atoms with E-state index in [-0.39, 0.29) is 11.5 Å². The Morgan fingerprint density at radius 2 is 2.14 bits per heavy atom. The fraction of sp³-hybridized carbons (Fsp3) is 0.455. The molecule has 1 aliphatic heterocycles. The van der Waals surface area contributed by atoms with Gasteiger partial charge in [0.2, 0.25) is 5.09 Å². The monoisotopic (exact) mass is 334 g/mol. The van der Waals surface area contributed by atoms with Crippen LogP contribution < -0.4 is 10.0 Å². The molecular weight excluding hydrogens is 320 g/mol. The summed E-state index contributed by atoms with van der Waals surface area (Å²) >= 11 is 1.43.